The molecule has 1 atom stereocenters. The summed E-state index contributed by atoms with van der Waals surface area (Å²) in [5.74, 6) is -0.171. The second kappa shape index (κ2) is 4.15. The van der Waals surface area contributed by atoms with Gasteiger partial charge in [0.2, 0.25) is 0 Å². The molecule has 1 aliphatic carbocycles. The topological polar surface area (TPSA) is 42.2 Å². The van der Waals surface area contributed by atoms with Crippen molar-refractivity contribution in [2.24, 2.45) is 5.92 Å². The minimum absolute atomic E-state index is 0.313. The van der Waals surface area contributed by atoms with Crippen molar-refractivity contribution in [3.63, 3.8) is 0 Å². The molecule has 82 valence electrons. The SMILES string of the molecule is CC(C1CCC1)n1cc(I)cc1C(=O)O. The molecule has 0 spiro atoms. The molecule has 0 bridgehead atoms. The second-order valence-corrected chi connectivity index (χ2v) is 5.43. The number of aromatic carboxylic acids is 1. The van der Waals surface area contributed by atoms with Crippen LogP contribution in [0, 0.1) is 9.49 Å². The molecule has 0 aromatic carbocycles. The van der Waals surface area contributed by atoms with Crippen molar-refractivity contribution in [3.05, 3.63) is 21.5 Å². The van der Waals surface area contributed by atoms with Crippen molar-refractivity contribution in [2.75, 3.05) is 0 Å². The first-order valence-corrected chi connectivity index (χ1v) is 6.28. The van der Waals surface area contributed by atoms with Crippen LogP contribution in [-0.4, -0.2) is 15.6 Å². The van der Waals surface area contributed by atoms with Gasteiger partial charge in [-0.1, -0.05) is 6.42 Å². The summed E-state index contributed by atoms with van der Waals surface area (Å²) in [5, 5.41) is 9.08. The zero-order valence-electron chi connectivity index (χ0n) is 8.61. The maximum absolute atomic E-state index is 11.0. The Balaban J connectivity index is 2.28. The predicted octanol–water partition coefficient (Wildman–Crippen LogP) is 3.15. The van der Waals surface area contributed by atoms with E-state index in [0.29, 0.717) is 17.7 Å². The molecule has 0 aliphatic heterocycles. The van der Waals surface area contributed by atoms with Gasteiger partial charge in [-0.2, -0.15) is 0 Å². The van der Waals surface area contributed by atoms with Gasteiger partial charge in [-0.05, 0) is 54.3 Å². The number of aromatic nitrogens is 1. The highest BCUT2D eigenvalue weighted by atomic mass is 127. The highest BCUT2D eigenvalue weighted by Crippen LogP contribution is 2.37. The largest absolute Gasteiger partial charge is 0.477 e. The van der Waals surface area contributed by atoms with Gasteiger partial charge in [-0.15, -0.1) is 0 Å². The summed E-state index contributed by atoms with van der Waals surface area (Å²) in [6.07, 6.45) is 5.69. The standard InChI is InChI=1S/C11H14INO2/c1-7(8-3-2-4-8)13-6-9(12)5-10(13)11(14)15/h5-8H,2-4H2,1H3,(H,14,15). The van der Waals surface area contributed by atoms with E-state index in [1.165, 1.54) is 19.3 Å². The van der Waals surface area contributed by atoms with Crippen LogP contribution < -0.4 is 0 Å². The average molecular weight is 319 g/mol. The Bertz CT molecular complexity index is 382. The molecule has 1 heterocycles. The monoisotopic (exact) mass is 319 g/mol. The van der Waals surface area contributed by atoms with Crippen LogP contribution in [0.25, 0.3) is 0 Å². The molecule has 1 N–H and O–H groups in total. The zero-order chi connectivity index (χ0) is 11.0. The zero-order valence-corrected chi connectivity index (χ0v) is 10.8. The lowest BCUT2D eigenvalue weighted by molar-refractivity contribution is 0.0677. The van der Waals surface area contributed by atoms with E-state index >= 15 is 0 Å². The van der Waals surface area contributed by atoms with Gasteiger partial charge in [-0.25, -0.2) is 4.79 Å². The summed E-state index contributed by atoms with van der Waals surface area (Å²) in [7, 11) is 0. The second-order valence-electron chi connectivity index (χ2n) is 4.19. The van der Waals surface area contributed by atoms with Gasteiger partial charge < -0.3 is 9.67 Å². The lowest BCUT2D eigenvalue weighted by Crippen LogP contribution is -2.24. The van der Waals surface area contributed by atoms with Crippen molar-refractivity contribution in [1.82, 2.24) is 4.57 Å². The number of carboxylic acids is 1. The normalized spacial score (nSPS) is 18.5. The summed E-state index contributed by atoms with van der Waals surface area (Å²) < 4.78 is 2.91. The summed E-state index contributed by atoms with van der Waals surface area (Å²) >= 11 is 2.16. The van der Waals surface area contributed by atoms with E-state index in [4.69, 9.17) is 5.11 Å². The Morgan fingerprint density at radius 2 is 2.33 bits per heavy atom. The van der Waals surface area contributed by atoms with Crippen molar-refractivity contribution in [2.45, 2.75) is 32.2 Å². The van der Waals surface area contributed by atoms with E-state index < -0.39 is 5.97 Å². The number of rotatable bonds is 3. The smallest absolute Gasteiger partial charge is 0.352 e. The first-order valence-electron chi connectivity index (χ1n) is 5.20. The van der Waals surface area contributed by atoms with Crippen molar-refractivity contribution in [1.29, 1.82) is 0 Å². The molecule has 0 saturated heterocycles. The molecular formula is C11H14INO2. The Labute approximate surface area is 103 Å². The quantitative estimate of drug-likeness (QED) is 0.870. The number of carboxylic acid groups (broad SMARTS) is 1. The molecular weight excluding hydrogens is 305 g/mol. The lowest BCUT2D eigenvalue weighted by atomic mass is 9.80. The molecule has 0 radical (unpaired) electrons. The molecule has 1 aromatic rings. The van der Waals surface area contributed by atoms with E-state index in [-0.39, 0.29) is 0 Å². The summed E-state index contributed by atoms with van der Waals surface area (Å²) in [4.78, 5) is 11.0. The maximum atomic E-state index is 11.0. The van der Waals surface area contributed by atoms with Gasteiger partial charge in [-0.3, -0.25) is 0 Å². The highest BCUT2D eigenvalue weighted by Gasteiger charge is 2.27. The Kier molecular flexibility index (Phi) is 3.04. The minimum atomic E-state index is -0.830. The van der Waals surface area contributed by atoms with Gasteiger partial charge in [0, 0.05) is 15.8 Å². The Hall–Kier alpha value is -0.520. The van der Waals surface area contributed by atoms with Crippen molar-refractivity contribution < 1.29 is 9.90 Å². The Morgan fingerprint density at radius 1 is 1.67 bits per heavy atom. The minimum Gasteiger partial charge on any atom is -0.477 e. The van der Waals surface area contributed by atoms with Crippen LogP contribution in [0.1, 0.15) is 42.7 Å². The third kappa shape index (κ3) is 2.04. The highest BCUT2D eigenvalue weighted by molar-refractivity contribution is 14.1. The van der Waals surface area contributed by atoms with E-state index in [0.717, 1.165) is 3.57 Å². The molecule has 0 amide bonds. The van der Waals surface area contributed by atoms with E-state index in [1.807, 2.05) is 10.8 Å². The van der Waals surface area contributed by atoms with E-state index in [2.05, 4.69) is 29.5 Å². The number of hydrogen-bond acceptors (Lipinski definition) is 1. The molecule has 15 heavy (non-hydrogen) atoms. The van der Waals surface area contributed by atoms with E-state index in [9.17, 15) is 4.79 Å². The lowest BCUT2D eigenvalue weighted by Gasteiger charge is -2.33. The number of hydrogen-bond donors (Lipinski definition) is 1. The molecule has 4 heteroatoms. The van der Waals surface area contributed by atoms with Gasteiger partial charge >= 0.3 is 5.97 Å². The summed E-state index contributed by atoms with van der Waals surface area (Å²) in [6.45, 7) is 2.12. The van der Waals surface area contributed by atoms with Crippen LogP contribution in [0.15, 0.2) is 12.3 Å². The summed E-state index contributed by atoms with van der Waals surface area (Å²) in [5.41, 5.74) is 0.416. The fraction of sp³-hybridized carbons (Fsp3) is 0.545. The molecule has 1 fully saturated rings. The van der Waals surface area contributed by atoms with Gasteiger partial charge in [0.15, 0.2) is 0 Å². The number of carbonyl (C=O) groups is 1. The fourth-order valence-corrected chi connectivity index (χ4v) is 2.70. The fourth-order valence-electron chi connectivity index (χ4n) is 2.10. The molecule has 1 unspecified atom stereocenters. The van der Waals surface area contributed by atoms with Gasteiger partial charge in [0.1, 0.15) is 5.69 Å². The van der Waals surface area contributed by atoms with Crippen LogP contribution >= 0.6 is 22.6 Å². The molecule has 1 aliphatic rings. The van der Waals surface area contributed by atoms with Crippen molar-refractivity contribution in [3.8, 4) is 0 Å². The number of nitrogens with zero attached hydrogens (tertiary/aromatic N) is 1. The van der Waals surface area contributed by atoms with Crippen molar-refractivity contribution >= 4 is 28.6 Å². The van der Waals surface area contributed by atoms with E-state index in [1.54, 1.807) is 6.07 Å². The van der Waals surface area contributed by atoms with Crippen LogP contribution in [0.3, 0.4) is 0 Å². The van der Waals surface area contributed by atoms with Crippen LogP contribution in [-0.2, 0) is 0 Å². The first-order chi connectivity index (χ1) is 7.09. The predicted molar refractivity (Wildman–Crippen MR) is 66.2 cm³/mol. The van der Waals surface area contributed by atoms with Crippen LogP contribution in [0.5, 0.6) is 0 Å². The Morgan fingerprint density at radius 3 is 2.80 bits per heavy atom. The van der Waals surface area contributed by atoms with Gasteiger partial charge in [0.05, 0.1) is 0 Å². The molecule has 2 rings (SSSR count). The van der Waals surface area contributed by atoms with Crippen LogP contribution in [0.4, 0.5) is 0 Å². The van der Waals surface area contributed by atoms with Crippen LogP contribution in [0.2, 0.25) is 0 Å². The third-order valence-corrected chi connectivity index (χ3v) is 3.90. The molecule has 3 nitrogen and oxygen atoms in total. The molecule has 1 aromatic heterocycles. The average Bonchev–Trinajstić information content (AvgIpc) is 2.44. The first kappa shape index (κ1) is 11.0. The molecule has 1 saturated carbocycles. The maximum Gasteiger partial charge on any atom is 0.352 e. The number of halogens is 1. The summed E-state index contributed by atoms with van der Waals surface area (Å²) in [6, 6.07) is 2.05. The van der Waals surface area contributed by atoms with Gasteiger partial charge in [0.25, 0.3) is 0 Å². The third-order valence-electron chi connectivity index (χ3n) is 3.31.